The summed E-state index contributed by atoms with van der Waals surface area (Å²) in [7, 11) is 3.72. The Morgan fingerprint density at radius 3 is 2.65 bits per heavy atom. The minimum Gasteiger partial charge on any atom is -0.456 e. The van der Waals surface area contributed by atoms with Gasteiger partial charge in [0, 0.05) is 31.3 Å². The molecule has 0 amide bonds. The quantitative estimate of drug-likeness (QED) is 0.709. The van der Waals surface area contributed by atoms with Crippen molar-refractivity contribution in [1.82, 2.24) is 15.0 Å². The van der Waals surface area contributed by atoms with Crippen LogP contribution in [0.3, 0.4) is 0 Å². The van der Waals surface area contributed by atoms with Crippen LogP contribution in [0.2, 0.25) is 0 Å². The molecule has 1 aliphatic rings. The molecule has 6 heteroatoms. The number of ether oxygens (including phenoxy) is 1. The summed E-state index contributed by atoms with van der Waals surface area (Å²) in [4.78, 5) is 1.99. The highest BCUT2D eigenvalue weighted by molar-refractivity contribution is 5.76. The smallest absolute Gasteiger partial charge is 0.147 e. The number of benzene rings is 2. The van der Waals surface area contributed by atoms with Crippen molar-refractivity contribution < 1.29 is 9.13 Å². The molecule has 0 aliphatic carbocycles. The van der Waals surface area contributed by atoms with Crippen molar-refractivity contribution in [2.45, 2.75) is 25.8 Å². The summed E-state index contributed by atoms with van der Waals surface area (Å²) in [5, 5.41) is 8.15. The first-order valence-corrected chi connectivity index (χ1v) is 8.72. The van der Waals surface area contributed by atoms with Gasteiger partial charge in [0.1, 0.15) is 23.0 Å². The van der Waals surface area contributed by atoms with E-state index < -0.39 is 0 Å². The van der Waals surface area contributed by atoms with Gasteiger partial charge in [-0.05, 0) is 38.0 Å². The number of aromatic nitrogens is 3. The minimum atomic E-state index is -0.255. The van der Waals surface area contributed by atoms with Crippen molar-refractivity contribution in [2.75, 3.05) is 11.9 Å². The topological polar surface area (TPSA) is 43.2 Å². The lowest BCUT2D eigenvalue weighted by Crippen LogP contribution is -2.34. The predicted molar refractivity (Wildman–Crippen MR) is 99.1 cm³/mol. The van der Waals surface area contributed by atoms with E-state index in [0.717, 1.165) is 18.4 Å². The van der Waals surface area contributed by atoms with Crippen LogP contribution in [0, 0.1) is 5.82 Å². The Kier molecular flexibility index (Phi) is 4.11. The lowest BCUT2D eigenvalue weighted by molar-refractivity contribution is 0.465. The van der Waals surface area contributed by atoms with Gasteiger partial charge in [-0.1, -0.05) is 23.4 Å². The van der Waals surface area contributed by atoms with Crippen molar-refractivity contribution in [3.8, 4) is 22.8 Å². The van der Waals surface area contributed by atoms with Gasteiger partial charge >= 0.3 is 0 Å². The summed E-state index contributed by atoms with van der Waals surface area (Å²) < 4.78 is 22.9. The molecule has 0 bridgehead atoms. The van der Waals surface area contributed by atoms with E-state index in [1.54, 1.807) is 17.9 Å². The molecule has 1 aromatic heterocycles. The Hall–Kier alpha value is -2.89. The zero-order valence-electron chi connectivity index (χ0n) is 15.1. The molecule has 0 saturated carbocycles. The molecule has 0 radical (unpaired) electrons. The van der Waals surface area contributed by atoms with Gasteiger partial charge in [0.2, 0.25) is 0 Å². The van der Waals surface area contributed by atoms with Gasteiger partial charge in [0.15, 0.2) is 0 Å². The van der Waals surface area contributed by atoms with Crippen molar-refractivity contribution in [3.63, 3.8) is 0 Å². The van der Waals surface area contributed by atoms with Crippen molar-refractivity contribution >= 4 is 5.69 Å². The third kappa shape index (κ3) is 2.81. The van der Waals surface area contributed by atoms with Gasteiger partial charge in [0.25, 0.3) is 0 Å². The number of anilines is 1. The van der Waals surface area contributed by atoms with Gasteiger partial charge in [-0.15, -0.1) is 5.10 Å². The first-order chi connectivity index (χ1) is 12.5. The number of halogens is 1. The van der Waals surface area contributed by atoms with Crippen LogP contribution in [0.25, 0.3) is 11.3 Å². The van der Waals surface area contributed by atoms with Crippen LogP contribution in [0.4, 0.5) is 10.1 Å². The third-order valence-electron chi connectivity index (χ3n) is 4.97. The van der Waals surface area contributed by atoms with E-state index in [-0.39, 0.29) is 11.9 Å². The van der Waals surface area contributed by atoms with Crippen LogP contribution in [0.5, 0.6) is 11.5 Å². The van der Waals surface area contributed by atoms with Crippen LogP contribution in [-0.4, -0.2) is 28.1 Å². The maximum Gasteiger partial charge on any atom is 0.147 e. The Balaban J connectivity index is 1.92. The number of hydrogen-bond donors (Lipinski definition) is 0. The Morgan fingerprint density at radius 2 is 1.96 bits per heavy atom. The highest BCUT2D eigenvalue weighted by atomic mass is 19.1. The SMILES string of the molecule is C[C@H]1CCc2c(Oc3ccccc3)c(-c3cn(C)nn3)cc(F)c2N1C. The summed E-state index contributed by atoms with van der Waals surface area (Å²) in [5.41, 5.74) is 2.72. The number of aryl methyl sites for hydroxylation is 1. The van der Waals surface area contributed by atoms with Crippen molar-refractivity contribution in [1.29, 1.82) is 0 Å². The summed E-state index contributed by atoms with van der Waals surface area (Å²) in [6.07, 6.45) is 3.47. The molecule has 0 N–H and O–H groups in total. The number of hydrogen-bond acceptors (Lipinski definition) is 4. The van der Waals surface area contributed by atoms with E-state index in [1.807, 2.05) is 42.3 Å². The number of para-hydroxylation sites is 1. The lowest BCUT2D eigenvalue weighted by Gasteiger charge is -2.35. The first kappa shape index (κ1) is 16.6. The predicted octanol–water partition coefficient (Wildman–Crippen LogP) is 4.18. The Bertz CT molecular complexity index is 938. The molecule has 4 rings (SSSR count). The fraction of sp³-hybridized carbons (Fsp3) is 0.300. The average Bonchev–Trinajstić information content (AvgIpc) is 3.07. The second kappa shape index (κ2) is 6.44. The molecule has 1 atom stereocenters. The number of rotatable bonds is 3. The maximum atomic E-state index is 15.0. The molecule has 1 aliphatic heterocycles. The third-order valence-corrected chi connectivity index (χ3v) is 4.97. The van der Waals surface area contributed by atoms with E-state index >= 15 is 4.39 Å². The Labute approximate surface area is 152 Å². The van der Waals surface area contributed by atoms with Gasteiger partial charge in [-0.3, -0.25) is 4.68 Å². The summed E-state index contributed by atoms with van der Waals surface area (Å²) in [5.74, 6) is 1.12. The first-order valence-electron chi connectivity index (χ1n) is 8.72. The molecular weight excluding hydrogens is 331 g/mol. The van der Waals surface area contributed by atoms with Gasteiger partial charge in [0.05, 0.1) is 11.9 Å². The molecule has 0 spiro atoms. The van der Waals surface area contributed by atoms with Crippen LogP contribution < -0.4 is 9.64 Å². The maximum absolute atomic E-state index is 15.0. The fourth-order valence-electron chi connectivity index (χ4n) is 3.44. The lowest BCUT2D eigenvalue weighted by atomic mass is 9.93. The normalized spacial score (nSPS) is 16.5. The molecule has 134 valence electrons. The number of fused-ring (bicyclic) bond motifs is 1. The number of nitrogens with zero attached hydrogens (tertiary/aromatic N) is 4. The van der Waals surface area contributed by atoms with Crippen LogP contribution in [0.15, 0.2) is 42.6 Å². The highest BCUT2D eigenvalue weighted by Gasteiger charge is 2.29. The molecule has 3 aromatic rings. The molecule has 0 unspecified atom stereocenters. The van der Waals surface area contributed by atoms with Crippen molar-refractivity contribution in [3.05, 3.63) is 54.0 Å². The minimum absolute atomic E-state index is 0.255. The van der Waals surface area contributed by atoms with E-state index in [2.05, 4.69) is 17.2 Å². The standard InChI is InChI=1S/C20H21FN4O/c1-13-9-10-15-19(25(13)3)17(21)11-16(18-12-24(2)23-22-18)20(15)26-14-7-5-4-6-8-14/h4-8,11-13H,9-10H2,1-3H3/t13-/m0/s1. The monoisotopic (exact) mass is 352 g/mol. The molecule has 0 fully saturated rings. The fourth-order valence-corrected chi connectivity index (χ4v) is 3.44. The summed E-state index contributed by atoms with van der Waals surface area (Å²) >= 11 is 0. The largest absolute Gasteiger partial charge is 0.456 e. The molecule has 5 nitrogen and oxygen atoms in total. The molecule has 2 aromatic carbocycles. The van der Waals surface area contributed by atoms with E-state index in [0.29, 0.717) is 28.4 Å². The highest BCUT2D eigenvalue weighted by Crippen LogP contribution is 2.45. The van der Waals surface area contributed by atoms with Crippen molar-refractivity contribution in [2.24, 2.45) is 7.05 Å². The van der Waals surface area contributed by atoms with Crippen LogP contribution in [-0.2, 0) is 13.5 Å². The molecule has 0 saturated heterocycles. The Morgan fingerprint density at radius 1 is 1.19 bits per heavy atom. The van der Waals surface area contributed by atoms with E-state index in [4.69, 9.17) is 4.74 Å². The van der Waals surface area contributed by atoms with Gasteiger partial charge in [-0.25, -0.2) is 4.39 Å². The second-order valence-corrected chi connectivity index (χ2v) is 6.75. The summed E-state index contributed by atoms with van der Waals surface area (Å²) in [6.45, 7) is 2.11. The molecular formula is C20H21FN4O. The zero-order valence-corrected chi connectivity index (χ0v) is 15.1. The molecule has 26 heavy (non-hydrogen) atoms. The molecule has 2 heterocycles. The van der Waals surface area contributed by atoms with Crippen LogP contribution >= 0.6 is 0 Å². The van der Waals surface area contributed by atoms with Gasteiger partial charge < -0.3 is 9.64 Å². The van der Waals surface area contributed by atoms with E-state index in [1.165, 1.54) is 6.07 Å². The van der Waals surface area contributed by atoms with E-state index in [9.17, 15) is 0 Å². The van der Waals surface area contributed by atoms with Gasteiger partial charge in [-0.2, -0.15) is 0 Å². The average molecular weight is 352 g/mol. The summed E-state index contributed by atoms with van der Waals surface area (Å²) in [6, 6.07) is 11.4. The second-order valence-electron chi connectivity index (χ2n) is 6.75. The van der Waals surface area contributed by atoms with Crippen LogP contribution in [0.1, 0.15) is 18.9 Å². The zero-order chi connectivity index (χ0) is 18.3.